The molecule has 26 heavy (non-hydrogen) atoms. The zero-order chi connectivity index (χ0) is 18.0. The molecule has 0 aliphatic carbocycles. The van der Waals surface area contributed by atoms with Crippen LogP contribution in [0.1, 0.15) is 0 Å². The topological polar surface area (TPSA) is 0 Å². The van der Waals surface area contributed by atoms with Crippen molar-refractivity contribution in [3.63, 3.8) is 0 Å². The highest BCUT2D eigenvalue weighted by Gasteiger charge is 2.20. The second-order valence-corrected chi connectivity index (χ2v) is 12.8. The zero-order valence-corrected chi connectivity index (χ0v) is 22.2. The van der Waals surface area contributed by atoms with Crippen molar-refractivity contribution in [1.29, 1.82) is 0 Å². The van der Waals surface area contributed by atoms with Gasteiger partial charge in [-0.1, -0.05) is 31.9 Å². The fraction of sp³-hybridized carbons (Fsp3) is 0. The smallest absolute Gasteiger partial charge is 0.0599 e. The Morgan fingerprint density at radius 1 is 0.615 bits per heavy atom. The van der Waals surface area contributed by atoms with Gasteiger partial charge in [0.25, 0.3) is 0 Å². The molecule has 0 aliphatic rings. The third-order valence-electron chi connectivity index (χ3n) is 4.03. The molecule has 0 spiro atoms. The van der Waals surface area contributed by atoms with Crippen LogP contribution in [0, 0.1) is 0 Å². The summed E-state index contributed by atoms with van der Waals surface area (Å²) in [6.45, 7) is 0. The fourth-order valence-corrected chi connectivity index (χ4v) is 10.7. The van der Waals surface area contributed by atoms with Crippen molar-refractivity contribution in [1.82, 2.24) is 0 Å². The molecule has 0 amide bonds. The average molecular weight is 670 g/mol. The van der Waals surface area contributed by atoms with Gasteiger partial charge in [-0.25, -0.2) is 0 Å². The molecule has 0 saturated heterocycles. The van der Waals surface area contributed by atoms with E-state index in [9.17, 15) is 0 Å². The molecule has 0 unspecified atom stereocenters. The van der Waals surface area contributed by atoms with Crippen LogP contribution in [0.15, 0.2) is 52.9 Å². The summed E-state index contributed by atoms with van der Waals surface area (Å²) in [4.78, 5) is 2.52. The Hall–Kier alpha value is 0.460. The van der Waals surface area contributed by atoms with E-state index in [1.165, 1.54) is 48.6 Å². The Morgan fingerprint density at radius 2 is 1.04 bits per heavy atom. The third kappa shape index (κ3) is 2.87. The fourth-order valence-electron chi connectivity index (χ4n) is 2.83. The van der Waals surface area contributed by atoms with Gasteiger partial charge in [-0.2, -0.15) is 0 Å². The first-order valence-corrected chi connectivity index (χ1v) is 13.9. The van der Waals surface area contributed by atoms with E-state index in [1.54, 1.807) is 22.7 Å². The van der Waals surface area contributed by atoms with E-state index in [0.29, 0.717) is 0 Å². The van der Waals surface area contributed by atoms with Gasteiger partial charge in [0.2, 0.25) is 0 Å². The maximum Gasteiger partial charge on any atom is 0.0599 e. The van der Waals surface area contributed by atoms with E-state index in [2.05, 4.69) is 98.7 Å². The highest BCUT2D eigenvalue weighted by molar-refractivity contribution is 9.11. The van der Waals surface area contributed by atoms with E-state index < -0.39 is 0 Å². The third-order valence-corrected chi connectivity index (χ3v) is 12.5. The summed E-state index contributed by atoms with van der Waals surface area (Å²) in [6.07, 6.45) is 0. The number of halogens is 4. The van der Waals surface area contributed by atoms with Gasteiger partial charge in [0.15, 0.2) is 0 Å². The van der Waals surface area contributed by atoms with Crippen molar-refractivity contribution in [2.24, 2.45) is 0 Å². The molecule has 1 aromatic carbocycles. The summed E-state index contributed by atoms with van der Waals surface area (Å²) in [6, 6.07) is 8.82. The molecular weight excluding hydrogens is 664 g/mol. The predicted molar refractivity (Wildman–Crippen MR) is 135 cm³/mol. The molecule has 4 aromatic heterocycles. The largest absolute Gasteiger partial charge is 0.142 e. The number of rotatable bonds is 2. The molecule has 8 heteroatoms. The molecule has 0 saturated carbocycles. The lowest BCUT2D eigenvalue weighted by Crippen LogP contribution is -1.83. The minimum absolute atomic E-state index is 1.11. The van der Waals surface area contributed by atoms with Crippen molar-refractivity contribution in [2.75, 3.05) is 0 Å². The van der Waals surface area contributed by atoms with E-state index in [4.69, 9.17) is 0 Å². The highest BCUT2D eigenvalue weighted by atomic mass is 79.9. The Morgan fingerprint density at radius 3 is 1.42 bits per heavy atom. The van der Waals surface area contributed by atoms with Crippen molar-refractivity contribution >= 4 is 128 Å². The van der Waals surface area contributed by atoms with Crippen LogP contribution >= 0.6 is 109 Å². The molecule has 0 radical (unpaired) electrons. The van der Waals surface area contributed by atoms with Crippen molar-refractivity contribution in [3.05, 3.63) is 52.9 Å². The Bertz CT molecular complexity index is 1190. The minimum atomic E-state index is 1.11. The van der Waals surface area contributed by atoms with Gasteiger partial charge in [-0.05, 0) is 66.9 Å². The lowest BCUT2D eigenvalue weighted by molar-refractivity contribution is 1.59. The van der Waals surface area contributed by atoms with E-state index in [1.807, 2.05) is 22.7 Å². The van der Waals surface area contributed by atoms with Crippen LogP contribution in [0.3, 0.4) is 0 Å². The molecule has 0 fully saturated rings. The summed E-state index contributed by atoms with van der Waals surface area (Å²) >= 11 is 22.4. The molecular formula is C18H6Br4S4. The van der Waals surface area contributed by atoms with Gasteiger partial charge in [0.1, 0.15) is 0 Å². The number of benzene rings is 1. The van der Waals surface area contributed by atoms with Crippen LogP contribution in [0.2, 0.25) is 0 Å². The Balaban J connectivity index is 1.70. The van der Waals surface area contributed by atoms with Gasteiger partial charge in [0.05, 0.1) is 28.1 Å². The number of hydrogen-bond acceptors (Lipinski definition) is 4. The molecule has 0 N–H and O–H groups in total. The first kappa shape index (κ1) is 18.5. The lowest BCUT2D eigenvalue weighted by atomic mass is 10.1. The highest BCUT2D eigenvalue weighted by Crippen LogP contribution is 2.51. The summed E-state index contributed by atoms with van der Waals surface area (Å²) in [5.74, 6) is 0. The second-order valence-electron chi connectivity index (χ2n) is 5.53. The van der Waals surface area contributed by atoms with Gasteiger partial charge < -0.3 is 0 Å². The van der Waals surface area contributed by atoms with Gasteiger partial charge in [0, 0.05) is 29.5 Å². The molecule has 0 nitrogen and oxygen atoms in total. The SMILES string of the molecule is Brc1cc(-c2sc3ccsc3c2Br)c(Br)cc1-c1sc2ccsc2c1Br. The lowest BCUT2D eigenvalue weighted by Gasteiger charge is -2.09. The average Bonchev–Trinajstić information content (AvgIpc) is 3.35. The summed E-state index contributed by atoms with van der Waals surface area (Å²) in [7, 11) is 0. The standard InChI is InChI=1S/C18H6Br4S4/c19-9-6-8(16-14(22)18-12(26-16)2-4-24-18)10(20)5-7(9)15-13(21)17-11(25-15)1-3-23-17/h1-6H. The van der Waals surface area contributed by atoms with Crippen molar-refractivity contribution < 1.29 is 0 Å². The first-order chi connectivity index (χ1) is 12.5. The van der Waals surface area contributed by atoms with Crippen LogP contribution in [0.4, 0.5) is 0 Å². The quantitative estimate of drug-likeness (QED) is 0.175. The molecule has 5 aromatic rings. The number of fused-ring (bicyclic) bond motifs is 2. The number of thiophene rings is 4. The minimum Gasteiger partial charge on any atom is -0.142 e. The van der Waals surface area contributed by atoms with Crippen LogP contribution < -0.4 is 0 Å². The Labute approximate surface area is 199 Å². The second kappa shape index (κ2) is 7.06. The summed E-state index contributed by atoms with van der Waals surface area (Å²) in [5, 5.41) is 4.29. The van der Waals surface area contributed by atoms with Crippen LogP contribution in [0.5, 0.6) is 0 Å². The van der Waals surface area contributed by atoms with Crippen LogP contribution in [0.25, 0.3) is 39.7 Å². The van der Waals surface area contributed by atoms with Crippen LogP contribution in [-0.2, 0) is 0 Å². The maximum absolute atomic E-state index is 3.81. The molecule has 0 atom stereocenters. The maximum atomic E-state index is 3.81. The van der Waals surface area contributed by atoms with Crippen molar-refractivity contribution in [2.45, 2.75) is 0 Å². The normalized spacial score (nSPS) is 11.8. The van der Waals surface area contributed by atoms with Crippen molar-refractivity contribution in [3.8, 4) is 20.9 Å². The van der Waals surface area contributed by atoms with Crippen LogP contribution in [-0.4, -0.2) is 0 Å². The monoisotopic (exact) mass is 666 g/mol. The van der Waals surface area contributed by atoms with E-state index >= 15 is 0 Å². The van der Waals surface area contributed by atoms with Gasteiger partial charge in [-0.3, -0.25) is 0 Å². The molecule has 4 heterocycles. The first-order valence-electron chi connectivity index (χ1n) is 7.35. The van der Waals surface area contributed by atoms with E-state index in [0.717, 1.165) is 8.95 Å². The zero-order valence-electron chi connectivity index (χ0n) is 12.6. The van der Waals surface area contributed by atoms with Gasteiger partial charge in [-0.15, -0.1) is 45.3 Å². The Kier molecular flexibility index (Phi) is 5.02. The molecule has 0 bridgehead atoms. The predicted octanol–water partition coefficient (Wildman–Crippen LogP) is 10.6. The molecule has 5 rings (SSSR count). The number of hydrogen-bond donors (Lipinski definition) is 0. The molecule has 0 aliphatic heterocycles. The summed E-state index contributed by atoms with van der Waals surface area (Å²) < 4.78 is 9.87. The summed E-state index contributed by atoms with van der Waals surface area (Å²) in [5.41, 5.74) is 2.41. The van der Waals surface area contributed by atoms with E-state index in [-0.39, 0.29) is 0 Å². The van der Waals surface area contributed by atoms with Gasteiger partial charge >= 0.3 is 0 Å². The molecule has 130 valence electrons.